The second-order valence-electron chi connectivity index (χ2n) is 2.19. The van der Waals surface area contributed by atoms with Crippen LogP contribution >= 0.6 is 39.1 Å². The lowest BCUT2D eigenvalue weighted by Crippen LogP contribution is -1.98. The predicted octanol–water partition coefficient (Wildman–Crippen LogP) is 3.54. The van der Waals surface area contributed by atoms with Crippen LogP contribution < -0.4 is 0 Å². The smallest absolute Gasteiger partial charge is 0.239 e. The Bertz CT molecular complexity index is 301. The van der Waals surface area contributed by atoms with E-state index >= 15 is 0 Å². The van der Waals surface area contributed by atoms with Gasteiger partial charge in [0.15, 0.2) is 0 Å². The largest absolute Gasteiger partial charge is 0.280 e. The Morgan fingerprint density at radius 1 is 1.42 bits per heavy atom. The van der Waals surface area contributed by atoms with Crippen molar-refractivity contribution in [1.82, 2.24) is 0 Å². The third kappa shape index (κ3) is 2.22. The van der Waals surface area contributed by atoms with E-state index in [0.29, 0.717) is 10.6 Å². The van der Waals surface area contributed by atoms with Crippen LogP contribution in [0.4, 0.5) is 0 Å². The molecule has 0 aliphatic carbocycles. The second-order valence-corrected chi connectivity index (χ2v) is 3.88. The van der Waals surface area contributed by atoms with Gasteiger partial charge >= 0.3 is 0 Å². The molecule has 0 bridgehead atoms. The van der Waals surface area contributed by atoms with Gasteiger partial charge in [-0.1, -0.05) is 45.7 Å². The van der Waals surface area contributed by atoms with Crippen molar-refractivity contribution < 1.29 is 4.79 Å². The molecule has 0 saturated carbocycles. The van der Waals surface area contributed by atoms with Crippen molar-refractivity contribution in [2.24, 2.45) is 0 Å². The Labute approximate surface area is 88.8 Å². The molecule has 0 amide bonds. The number of alkyl halides is 1. The summed E-state index contributed by atoms with van der Waals surface area (Å²) >= 11 is 14.2. The first-order chi connectivity index (χ1) is 5.63. The Kier molecular flexibility index (Phi) is 3.56. The number of carbonyl (C=O) groups is 1. The number of hydrogen-bond donors (Lipinski definition) is 0. The van der Waals surface area contributed by atoms with Crippen LogP contribution in [0.1, 0.15) is 10.4 Å². The van der Waals surface area contributed by atoms with Crippen LogP contribution in [0.15, 0.2) is 24.3 Å². The topological polar surface area (TPSA) is 17.1 Å². The Morgan fingerprint density at radius 2 is 2.00 bits per heavy atom. The molecule has 0 aromatic heterocycles. The summed E-state index contributed by atoms with van der Waals surface area (Å²) in [5, 5.41) is 0.0662. The molecule has 0 radical (unpaired) electrons. The molecule has 0 N–H and O–H groups in total. The lowest BCUT2D eigenvalue weighted by molar-refractivity contribution is -0.111. The van der Waals surface area contributed by atoms with E-state index in [1.54, 1.807) is 24.3 Å². The van der Waals surface area contributed by atoms with Crippen LogP contribution in [0, 0.1) is 0 Å². The number of benzene rings is 1. The molecule has 1 aromatic rings. The van der Waals surface area contributed by atoms with Crippen molar-refractivity contribution in [2.45, 2.75) is 4.83 Å². The molecule has 0 fully saturated rings. The van der Waals surface area contributed by atoms with Crippen molar-refractivity contribution >= 4 is 44.4 Å². The molecule has 64 valence electrons. The van der Waals surface area contributed by atoms with Crippen LogP contribution in [0.5, 0.6) is 0 Å². The van der Waals surface area contributed by atoms with Crippen LogP contribution in [0.25, 0.3) is 0 Å². The SMILES string of the molecule is O=C(Cl)C(Br)c1ccccc1Cl. The number of carbonyl (C=O) groups excluding carboxylic acids is 1. The summed E-state index contributed by atoms with van der Waals surface area (Å²) in [6, 6.07) is 7.06. The van der Waals surface area contributed by atoms with Gasteiger partial charge in [0.25, 0.3) is 0 Å². The van der Waals surface area contributed by atoms with E-state index < -0.39 is 10.1 Å². The fourth-order valence-electron chi connectivity index (χ4n) is 0.803. The van der Waals surface area contributed by atoms with Gasteiger partial charge in [-0.3, -0.25) is 4.79 Å². The molecule has 1 atom stereocenters. The highest BCUT2D eigenvalue weighted by Crippen LogP contribution is 2.30. The van der Waals surface area contributed by atoms with Crippen LogP contribution in [-0.2, 0) is 4.79 Å². The zero-order valence-corrected chi connectivity index (χ0v) is 9.03. The third-order valence-electron chi connectivity index (χ3n) is 1.38. The minimum absolute atomic E-state index is 0.469. The molecule has 1 unspecified atom stereocenters. The molecule has 4 heteroatoms. The summed E-state index contributed by atoms with van der Waals surface area (Å²) < 4.78 is 0. The second kappa shape index (κ2) is 4.26. The van der Waals surface area contributed by atoms with Gasteiger partial charge in [-0.05, 0) is 23.2 Å². The fourth-order valence-corrected chi connectivity index (χ4v) is 1.70. The molecule has 0 aliphatic heterocycles. The standard InChI is InChI=1S/C8H5BrCl2O/c9-7(8(11)12)5-3-1-2-4-6(5)10/h1-4,7H. The zero-order chi connectivity index (χ0) is 9.14. The molecule has 1 nitrogen and oxygen atoms in total. The van der Waals surface area contributed by atoms with Gasteiger partial charge in [-0.2, -0.15) is 0 Å². The summed E-state index contributed by atoms with van der Waals surface area (Å²) in [7, 11) is 0. The van der Waals surface area contributed by atoms with Gasteiger partial charge in [0.1, 0.15) is 4.83 Å². The monoisotopic (exact) mass is 266 g/mol. The van der Waals surface area contributed by atoms with Gasteiger partial charge in [0.05, 0.1) is 0 Å². The van der Waals surface area contributed by atoms with Gasteiger partial charge in [-0.15, -0.1) is 0 Å². The Morgan fingerprint density at radius 3 is 2.50 bits per heavy atom. The minimum Gasteiger partial charge on any atom is -0.280 e. The molecule has 12 heavy (non-hydrogen) atoms. The molecular weight excluding hydrogens is 263 g/mol. The van der Waals surface area contributed by atoms with Crippen molar-refractivity contribution in [3.8, 4) is 0 Å². The maximum Gasteiger partial charge on any atom is 0.239 e. The molecule has 0 saturated heterocycles. The van der Waals surface area contributed by atoms with Crippen LogP contribution in [0.2, 0.25) is 5.02 Å². The zero-order valence-electron chi connectivity index (χ0n) is 5.93. The number of hydrogen-bond acceptors (Lipinski definition) is 1. The van der Waals surface area contributed by atoms with Gasteiger partial charge < -0.3 is 0 Å². The molecular formula is C8H5BrCl2O. The molecule has 1 rings (SSSR count). The molecule has 0 heterocycles. The first-order valence-corrected chi connectivity index (χ1v) is 4.88. The summed E-state index contributed by atoms with van der Waals surface area (Å²) in [6.07, 6.45) is 0. The van der Waals surface area contributed by atoms with Gasteiger partial charge in [-0.25, -0.2) is 0 Å². The third-order valence-corrected chi connectivity index (χ3v) is 3.11. The van der Waals surface area contributed by atoms with E-state index in [0.717, 1.165) is 0 Å². The number of halogens is 3. The minimum atomic E-state index is -0.520. The van der Waals surface area contributed by atoms with Crippen molar-refractivity contribution in [2.75, 3.05) is 0 Å². The average Bonchev–Trinajstić information content (AvgIpc) is 2.04. The first-order valence-electron chi connectivity index (χ1n) is 3.21. The van der Waals surface area contributed by atoms with Crippen molar-refractivity contribution in [3.05, 3.63) is 34.9 Å². The van der Waals surface area contributed by atoms with E-state index in [9.17, 15) is 4.79 Å². The van der Waals surface area contributed by atoms with Crippen molar-refractivity contribution in [1.29, 1.82) is 0 Å². The van der Waals surface area contributed by atoms with Gasteiger partial charge in [0.2, 0.25) is 5.24 Å². The normalized spacial score (nSPS) is 12.6. The Balaban J connectivity index is 3.02. The average molecular weight is 268 g/mol. The van der Waals surface area contributed by atoms with Crippen LogP contribution in [-0.4, -0.2) is 5.24 Å². The highest BCUT2D eigenvalue weighted by atomic mass is 79.9. The molecule has 0 spiro atoms. The van der Waals surface area contributed by atoms with E-state index in [1.807, 2.05) is 0 Å². The predicted molar refractivity (Wildman–Crippen MR) is 54.0 cm³/mol. The molecule has 0 aliphatic rings. The summed E-state index contributed by atoms with van der Waals surface area (Å²) in [5.41, 5.74) is 0.694. The van der Waals surface area contributed by atoms with E-state index in [1.165, 1.54) is 0 Å². The van der Waals surface area contributed by atoms with E-state index in [-0.39, 0.29) is 0 Å². The van der Waals surface area contributed by atoms with Crippen LogP contribution in [0.3, 0.4) is 0 Å². The van der Waals surface area contributed by atoms with Crippen molar-refractivity contribution in [3.63, 3.8) is 0 Å². The fraction of sp³-hybridized carbons (Fsp3) is 0.125. The molecule has 1 aromatic carbocycles. The van der Waals surface area contributed by atoms with E-state index in [4.69, 9.17) is 23.2 Å². The lowest BCUT2D eigenvalue weighted by atomic mass is 10.2. The summed E-state index contributed by atoms with van der Waals surface area (Å²) in [5.74, 6) is 0. The number of rotatable bonds is 2. The maximum absolute atomic E-state index is 10.8. The first kappa shape index (κ1) is 10.0. The highest BCUT2D eigenvalue weighted by Gasteiger charge is 2.16. The Hall–Kier alpha value is -0.0500. The summed E-state index contributed by atoms with van der Waals surface area (Å²) in [4.78, 5) is 10.2. The van der Waals surface area contributed by atoms with E-state index in [2.05, 4.69) is 15.9 Å². The quantitative estimate of drug-likeness (QED) is 0.592. The highest BCUT2D eigenvalue weighted by molar-refractivity contribution is 9.09. The maximum atomic E-state index is 10.8. The van der Waals surface area contributed by atoms with Gasteiger partial charge in [0, 0.05) is 5.02 Å². The lowest BCUT2D eigenvalue weighted by Gasteiger charge is -2.05. The summed E-state index contributed by atoms with van der Waals surface area (Å²) in [6.45, 7) is 0.